The molecule has 0 fully saturated rings. The van der Waals surface area contributed by atoms with Crippen molar-refractivity contribution in [2.45, 2.75) is 25.7 Å². The second kappa shape index (κ2) is 9.32. The number of nitrogens with zero attached hydrogens (tertiary/aromatic N) is 2. The molecule has 6 nitrogen and oxygen atoms in total. The van der Waals surface area contributed by atoms with Gasteiger partial charge in [-0.15, -0.1) is 10.2 Å². The Labute approximate surface area is 168 Å². The maximum Gasteiger partial charge on any atom is 0.233 e. The minimum atomic E-state index is -0.209. The van der Waals surface area contributed by atoms with Gasteiger partial charge in [0.05, 0.1) is 20.1 Å². The summed E-state index contributed by atoms with van der Waals surface area (Å²) in [6, 6.07) is 15.5. The molecule has 28 heavy (non-hydrogen) atoms. The molecule has 1 N–H and O–H groups in total. The van der Waals surface area contributed by atoms with E-state index in [1.165, 1.54) is 11.3 Å². The molecule has 3 aromatic rings. The molecule has 2 aromatic carbocycles. The molecule has 3 rings (SSSR count). The zero-order valence-electron chi connectivity index (χ0n) is 16.1. The van der Waals surface area contributed by atoms with Gasteiger partial charge in [-0.05, 0) is 29.7 Å². The van der Waals surface area contributed by atoms with E-state index >= 15 is 0 Å². The Morgan fingerprint density at radius 1 is 1.07 bits per heavy atom. The van der Waals surface area contributed by atoms with E-state index in [2.05, 4.69) is 15.5 Å². The van der Waals surface area contributed by atoms with Crippen molar-refractivity contribution < 1.29 is 14.3 Å². The topological polar surface area (TPSA) is 73.3 Å². The van der Waals surface area contributed by atoms with Crippen LogP contribution in [-0.2, 0) is 11.2 Å². The Morgan fingerprint density at radius 2 is 1.82 bits per heavy atom. The summed E-state index contributed by atoms with van der Waals surface area (Å²) in [5.41, 5.74) is 2.03. The highest BCUT2D eigenvalue weighted by molar-refractivity contribution is 7.15. The van der Waals surface area contributed by atoms with E-state index in [1.54, 1.807) is 14.2 Å². The molecule has 0 aliphatic rings. The first-order chi connectivity index (χ1) is 13.6. The van der Waals surface area contributed by atoms with Crippen LogP contribution in [0.5, 0.6) is 11.5 Å². The first-order valence-electron chi connectivity index (χ1n) is 9.03. The lowest BCUT2D eigenvalue weighted by Gasteiger charge is -2.13. The highest BCUT2D eigenvalue weighted by Gasteiger charge is 2.20. The lowest BCUT2D eigenvalue weighted by molar-refractivity contribution is -0.117. The first kappa shape index (κ1) is 19.8. The maximum atomic E-state index is 12.7. The fourth-order valence-electron chi connectivity index (χ4n) is 2.99. The highest BCUT2D eigenvalue weighted by atomic mass is 32.1. The van der Waals surface area contributed by atoms with Gasteiger partial charge in [-0.25, -0.2) is 0 Å². The largest absolute Gasteiger partial charge is 0.493 e. The number of methoxy groups -OCH3 is 2. The van der Waals surface area contributed by atoms with E-state index in [0.717, 1.165) is 16.1 Å². The van der Waals surface area contributed by atoms with E-state index in [1.807, 2.05) is 55.5 Å². The molecule has 7 heteroatoms. The lowest BCUT2D eigenvalue weighted by Crippen LogP contribution is -2.20. The number of hydrogen-bond acceptors (Lipinski definition) is 6. The zero-order chi connectivity index (χ0) is 19.9. The number of amides is 1. The third kappa shape index (κ3) is 4.67. The third-order valence-corrected chi connectivity index (χ3v) is 5.27. The highest BCUT2D eigenvalue weighted by Crippen LogP contribution is 2.29. The summed E-state index contributed by atoms with van der Waals surface area (Å²) < 4.78 is 10.6. The molecular weight excluding hydrogens is 374 g/mol. The molecular formula is C21H23N3O3S. The minimum absolute atomic E-state index is 0.0671. The van der Waals surface area contributed by atoms with Crippen LogP contribution in [-0.4, -0.2) is 30.3 Å². The van der Waals surface area contributed by atoms with Crippen molar-refractivity contribution in [3.05, 3.63) is 64.7 Å². The smallest absolute Gasteiger partial charge is 0.233 e. The quantitative estimate of drug-likeness (QED) is 0.614. The number of ether oxygens (including phenoxy) is 2. The Hall–Kier alpha value is -2.93. The van der Waals surface area contributed by atoms with Crippen molar-refractivity contribution in [1.29, 1.82) is 0 Å². The molecule has 0 saturated heterocycles. The van der Waals surface area contributed by atoms with Crippen LogP contribution in [0.1, 0.15) is 35.4 Å². The van der Waals surface area contributed by atoms with Crippen molar-refractivity contribution >= 4 is 22.4 Å². The van der Waals surface area contributed by atoms with E-state index in [9.17, 15) is 4.79 Å². The average Bonchev–Trinajstić information content (AvgIpc) is 3.15. The molecule has 0 aliphatic heterocycles. The Bertz CT molecular complexity index is 928. The maximum absolute atomic E-state index is 12.7. The minimum Gasteiger partial charge on any atom is -0.493 e. The summed E-state index contributed by atoms with van der Waals surface area (Å²) in [5.74, 6) is 1.08. The van der Waals surface area contributed by atoms with Crippen LogP contribution in [0.3, 0.4) is 0 Å². The van der Waals surface area contributed by atoms with Crippen LogP contribution in [0.4, 0.5) is 5.13 Å². The number of anilines is 1. The molecule has 1 aromatic heterocycles. The molecule has 146 valence electrons. The van der Waals surface area contributed by atoms with Crippen LogP contribution in [0.2, 0.25) is 0 Å². The fourth-order valence-corrected chi connectivity index (χ4v) is 3.77. The number of carbonyl (C=O) groups excluding carboxylic acids is 1. The van der Waals surface area contributed by atoms with Gasteiger partial charge < -0.3 is 9.47 Å². The van der Waals surface area contributed by atoms with E-state index in [-0.39, 0.29) is 11.8 Å². The van der Waals surface area contributed by atoms with Crippen molar-refractivity contribution in [2.24, 2.45) is 0 Å². The molecule has 0 unspecified atom stereocenters. The van der Waals surface area contributed by atoms with Crippen molar-refractivity contribution in [3.8, 4) is 11.5 Å². The molecule has 1 amide bonds. The zero-order valence-corrected chi connectivity index (χ0v) is 17.0. The summed E-state index contributed by atoms with van der Waals surface area (Å²) >= 11 is 1.38. The molecule has 1 heterocycles. The Morgan fingerprint density at radius 3 is 2.50 bits per heavy atom. The van der Waals surface area contributed by atoms with Gasteiger partial charge in [0.15, 0.2) is 11.5 Å². The lowest BCUT2D eigenvalue weighted by atomic mass is 9.96. The number of hydrogen-bond donors (Lipinski definition) is 1. The van der Waals surface area contributed by atoms with Crippen molar-refractivity contribution in [1.82, 2.24) is 10.2 Å². The van der Waals surface area contributed by atoms with Gasteiger partial charge in [0.25, 0.3) is 0 Å². The summed E-state index contributed by atoms with van der Waals surface area (Å²) in [6.07, 6.45) is 1.32. The van der Waals surface area contributed by atoms with Crippen molar-refractivity contribution in [2.75, 3.05) is 19.5 Å². The van der Waals surface area contributed by atoms with Gasteiger partial charge in [-0.3, -0.25) is 10.1 Å². The molecule has 0 aliphatic carbocycles. The normalized spacial score (nSPS) is 11.7. The van der Waals surface area contributed by atoms with E-state index < -0.39 is 0 Å². The molecule has 0 bridgehead atoms. The van der Waals surface area contributed by atoms with Crippen LogP contribution < -0.4 is 14.8 Å². The number of nitrogens with one attached hydrogen (secondary N) is 1. The van der Waals surface area contributed by atoms with Gasteiger partial charge in [0.1, 0.15) is 5.01 Å². The Balaban J connectivity index is 1.68. The van der Waals surface area contributed by atoms with Crippen LogP contribution >= 0.6 is 11.3 Å². The third-order valence-electron chi connectivity index (χ3n) is 4.43. The van der Waals surface area contributed by atoms with E-state index in [4.69, 9.17) is 9.47 Å². The summed E-state index contributed by atoms with van der Waals surface area (Å²) in [5, 5.41) is 12.5. The summed E-state index contributed by atoms with van der Waals surface area (Å²) in [6.45, 7) is 2.00. The number of rotatable bonds is 8. The van der Waals surface area contributed by atoms with Gasteiger partial charge in [-0.2, -0.15) is 0 Å². The summed E-state index contributed by atoms with van der Waals surface area (Å²) in [4.78, 5) is 12.7. The van der Waals surface area contributed by atoms with Crippen LogP contribution in [0, 0.1) is 0 Å². The van der Waals surface area contributed by atoms with Crippen LogP contribution in [0.15, 0.2) is 48.5 Å². The summed E-state index contributed by atoms with van der Waals surface area (Å²) in [7, 11) is 3.22. The predicted octanol–water partition coefficient (Wildman–Crippen LogP) is 4.28. The first-order valence-corrected chi connectivity index (χ1v) is 9.85. The fraction of sp³-hybridized carbons (Fsp3) is 0.286. The molecule has 0 radical (unpaired) electrons. The second-order valence-electron chi connectivity index (χ2n) is 6.23. The second-order valence-corrected chi connectivity index (χ2v) is 7.29. The number of benzene rings is 2. The number of carbonyl (C=O) groups is 1. The monoisotopic (exact) mass is 397 g/mol. The van der Waals surface area contributed by atoms with Gasteiger partial charge in [0.2, 0.25) is 11.0 Å². The molecule has 1 atom stereocenters. The number of aromatic nitrogens is 2. The standard InChI is InChI=1S/C21H23N3O3S/c1-4-16(15-8-6-5-7-9-15)20(25)22-21-24-23-19(28-21)13-14-10-11-17(26-2)18(12-14)27-3/h5-12,16H,4,13H2,1-3H3,(H,22,24,25)/t16-/m0/s1. The van der Waals surface area contributed by atoms with Crippen molar-refractivity contribution in [3.63, 3.8) is 0 Å². The average molecular weight is 398 g/mol. The van der Waals surface area contributed by atoms with Crippen LogP contribution in [0.25, 0.3) is 0 Å². The predicted molar refractivity (Wildman–Crippen MR) is 110 cm³/mol. The molecule has 0 spiro atoms. The molecule has 0 saturated carbocycles. The Kier molecular flexibility index (Phi) is 6.60. The van der Waals surface area contributed by atoms with Gasteiger partial charge in [-0.1, -0.05) is 54.7 Å². The van der Waals surface area contributed by atoms with Gasteiger partial charge >= 0.3 is 0 Å². The SMILES string of the molecule is CC[C@H](C(=O)Nc1nnc(Cc2ccc(OC)c(OC)c2)s1)c1ccccc1. The van der Waals surface area contributed by atoms with Gasteiger partial charge in [0, 0.05) is 6.42 Å². The van der Waals surface area contributed by atoms with E-state index in [0.29, 0.717) is 29.5 Å².